The zero-order valence-corrected chi connectivity index (χ0v) is 9.64. The molecule has 0 bridgehead atoms. The number of carbonyl (C=O) groups excluding carboxylic acids is 2. The maximum Gasteiger partial charge on any atom is 0.216 e. The van der Waals surface area contributed by atoms with Gasteiger partial charge in [-0.05, 0) is 12.5 Å². The Hall–Kier alpha value is -2.10. The highest BCUT2D eigenvalue weighted by atomic mass is 16.3. The summed E-state index contributed by atoms with van der Waals surface area (Å²) in [6.45, 7) is 2.02. The minimum Gasteiger partial charge on any atom is -0.507 e. The predicted octanol–water partition coefficient (Wildman–Crippen LogP) is 1.74. The van der Waals surface area contributed by atoms with E-state index < -0.39 is 0 Å². The molecule has 4 heteroatoms. The van der Waals surface area contributed by atoms with Crippen molar-refractivity contribution in [1.82, 2.24) is 5.32 Å². The Kier molecular flexibility index (Phi) is 4.94. The van der Waals surface area contributed by atoms with Gasteiger partial charge in [0.1, 0.15) is 5.75 Å². The Labute approximate surface area is 100.0 Å². The minimum absolute atomic E-state index is 0.0155. The third-order valence-electron chi connectivity index (χ3n) is 2.21. The van der Waals surface area contributed by atoms with Crippen LogP contribution in [0.2, 0.25) is 0 Å². The van der Waals surface area contributed by atoms with Crippen molar-refractivity contribution in [3.05, 3.63) is 35.4 Å². The summed E-state index contributed by atoms with van der Waals surface area (Å²) < 4.78 is 0. The van der Waals surface area contributed by atoms with E-state index in [0.29, 0.717) is 24.8 Å². The van der Waals surface area contributed by atoms with Crippen LogP contribution in [0.5, 0.6) is 5.75 Å². The lowest BCUT2D eigenvalue weighted by atomic mass is 10.1. The Morgan fingerprint density at radius 1 is 1.41 bits per heavy atom. The first kappa shape index (κ1) is 13.0. The molecule has 0 aliphatic carbocycles. The summed E-state index contributed by atoms with van der Waals surface area (Å²) in [4.78, 5) is 21.2. The van der Waals surface area contributed by atoms with Gasteiger partial charge >= 0.3 is 0 Å². The van der Waals surface area contributed by atoms with Crippen molar-refractivity contribution in [1.29, 1.82) is 0 Å². The molecule has 4 nitrogen and oxygen atoms in total. The van der Waals surface area contributed by atoms with Gasteiger partial charge in [0.15, 0.2) is 6.29 Å². The molecule has 1 rings (SSSR count). The smallest absolute Gasteiger partial charge is 0.216 e. The number of aldehydes is 1. The summed E-state index contributed by atoms with van der Waals surface area (Å²) in [5.74, 6) is -0.0810. The first-order valence-electron chi connectivity index (χ1n) is 5.33. The van der Waals surface area contributed by atoms with Crippen LogP contribution in [-0.2, 0) is 4.79 Å². The molecule has 0 fully saturated rings. The lowest BCUT2D eigenvalue weighted by Crippen LogP contribution is -2.20. The number of benzene rings is 1. The van der Waals surface area contributed by atoms with E-state index >= 15 is 0 Å². The highest BCUT2D eigenvalue weighted by Gasteiger charge is 2.02. The number of aromatic hydroxyl groups is 1. The summed E-state index contributed by atoms with van der Waals surface area (Å²) in [6.07, 6.45) is 4.85. The molecule has 1 amide bonds. The predicted molar refractivity (Wildman–Crippen MR) is 65.8 cm³/mol. The Bertz CT molecular complexity index is 438. The van der Waals surface area contributed by atoms with Crippen LogP contribution in [0.15, 0.2) is 24.3 Å². The average molecular weight is 233 g/mol. The SMILES string of the molecule is CC(=O)NCCC=Cc1cccc(C=O)c1O. The van der Waals surface area contributed by atoms with E-state index in [1.54, 1.807) is 24.3 Å². The van der Waals surface area contributed by atoms with Gasteiger partial charge in [-0.15, -0.1) is 0 Å². The molecule has 0 aromatic heterocycles. The van der Waals surface area contributed by atoms with Gasteiger partial charge < -0.3 is 10.4 Å². The number of rotatable bonds is 5. The fourth-order valence-corrected chi connectivity index (χ4v) is 1.35. The minimum atomic E-state index is -0.0656. The summed E-state index contributed by atoms with van der Waals surface area (Å²) in [7, 11) is 0. The molecule has 90 valence electrons. The number of phenols is 1. The zero-order chi connectivity index (χ0) is 12.7. The van der Waals surface area contributed by atoms with E-state index in [9.17, 15) is 14.7 Å². The molecule has 17 heavy (non-hydrogen) atoms. The number of nitrogens with one attached hydrogen (secondary N) is 1. The molecular weight excluding hydrogens is 218 g/mol. The molecule has 1 aromatic rings. The summed E-state index contributed by atoms with van der Waals surface area (Å²) >= 11 is 0. The largest absolute Gasteiger partial charge is 0.507 e. The molecule has 0 spiro atoms. The first-order chi connectivity index (χ1) is 8.15. The third-order valence-corrected chi connectivity index (χ3v) is 2.21. The van der Waals surface area contributed by atoms with Crippen LogP contribution in [0.3, 0.4) is 0 Å². The zero-order valence-electron chi connectivity index (χ0n) is 9.64. The lowest BCUT2D eigenvalue weighted by Gasteiger charge is -2.01. The molecule has 0 saturated heterocycles. The summed E-state index contributed by atoms with van der Waals surface area (Å²) in [5.41, 5.74) is 0.867. The molecule has 0 aliphatic rings. The van der Waals surface area contributed by atoms with Gasteiger partial charge in [-0.2, -0.15) is 0 Å². The lowest BCUT2D eigenvalue weighted by molar-refractivity contribution is -0.118. The third kappa shape index (κ3) is 4.10. The van der Waals surface area contributed by atoms with Crippen molar-refractivity contribution in [3.8, 4) is 5.75 Å². The van der Waals surface area contributed by atoms with Crippen LogP contribution in [0, 0.1) is 0 Å². The molecule has 0 atom stereocenters. The van der Waals surface area contributed by atoms with Crippen molar-refractivity contribution in [3.63, 3.8) is 0 Å². The molecule has 2 N–H and O–H groups in total. The number of amides is 1. The fourth-order valence-electron chi connectivity index (χ4n) is 1.35. The second kappa shape index (κ2) is 6.48. The van der Waals surface area contributed by atoms with E-state index in [4.69, 9.17) is 0 Å². The quantitative estimate of drug-likeness (QED) is 0.601. The van der Waals surface area contributed by atoms with Gasteiger partial charge in [0, 0.05) is 19.0 Å². The Balaban J connectivity index is 2.59. The molecule has 0 heterocycles. The van der Waals surface area contributed by atoms with Crippen LogP contribution in [0.1, 0.15) is 29.3 Å². The normalized spacial score (nSPS) is 10.4. The maximum absolute atomic E-state index is 10.6. The maximum atomic E-state index is 10.6. The van der Waals surface area contributed by atoms with E-state index in [2.05, 4.69) is 5.32 Å². The number of hydrogen-bond acceptors (Lipinski definition) is 3. The number of carbonyl (C=O) groups is 2. The second-order valence-electron chi connectivity index (χ2n) is 3.58. The highest BCUT2D eigenvalue weighted by molar-refractivity contribution is 5.82. The monoisotopic (exact) mass is 233 g/mol. The Morgan fingerprint density at radius 2 is 2.12 bits per heavy atom. The van der Waals surface area contributed by atoms with Crippen molar-refractivity contribution < 1.29 is 14.7 Å². The summed E-state index contributed by atoms with van der Waals surface area (Å²) in [5, 5.41) is 12.3. The van der Waals surface area contributed by atoms with Gasteiger partial charge in [-0.25, -0.2) is 0 Å². The van der Waals surface area contributed by atoms with Crippen LogP contribution in [0.25, 0.3) is 6.08 Å². The van der Waals surface area contributed by atoms with Gasteiger partial charge in [-0.1, -0.05) is 24.3 Å². The van der Waals surface area contributed by atoms with E-state index in [1.165, 1.54) is 6.92 Å². The van der Waals surface area contributed by atoms with Gasteiger partial charge in [0.05, 0.1) is 5.56 Å². The molecule has 0 saturated carbocycles. The standard InChI is InChI=1S/C13H15NO3/c1-10(16)14-8-3-2-5-11-6-4-7-12(9-15)13(11)17/h2,4-7,9,17H,3,8H2,1H3,(H,14,16). The van der Waals surface area contributed by atoms with Crippen LogP contribution >= 0.6 is 0 Å². The van der Waals surface area contributed by atoms with Crippen LogP contribution < -0.4 is 5.32 Å². The topological polar surface area (TPSA) is 66.4 Å². The number of hydrogen-bond donors (Lipinski definition) is 2. The molecule has 0 radical (unpaired) electrons. The van der Waals surface area contributed by atoms with Crippen molar-refractivity contribution >= 4 is 18.3 Å². The molecule has 1 aromatic carbocycles. The van der Waals surface area contributed by atoms with Gasteiger partial charge in [0.25, 0.3) is 0 Å². The Morgan fingerprint density at radius 3 is 2.76 bits per heavy atom. The van der Waals surface area contributed by atoms with Crippen LogP contribution in [0.4, 0.5) is 0 Å². The molecule has 0 unspecified atom stereocenters. The summed E-state index contributed by atoms with van der Waals surface area (Å²) in [6, 6.07) is 4.98. The van der Waals surface area contributed by atoms with E-state index in [1.807, 2.05) is 6.08 Å². The number of para-hydroxylation sites is 1. The first-order valence-corrected chi connectivity index (χ1v) is 5.33. The van der Waals surface area contributed by atoms with Crippen molar-refractivity contribution in [2.45, 2.75) is 13.3 Å². The number of phenolic OH excluding ortho intramolecular Hbond substituents is 1. The molecule has 0 aliphatic heterocycles. The van der Waals surface area contributed by atoms with Crippen LogP contribution in [-0.4, -0.2) is 23.8 Å². The highest BCUT2D eigenvalue weighted by Crippen LogP contribution is 2.22. The van der Waals surface area contributed by atoms with Crippen molar-refractivity contribution in [2.75, 3.05) is 6.54 Å². The molecular formula is C13H15NO3. The van der Waals surface area contributed by atoms with Gasteiger partial charge in [0.2, 0.25) is 5.91 Å². The van der Waals surface area contributed by atoms with Gasteiger partial charge in [-0.3, -0.25) is 9.59 Å². The fraction of sp³-hybridized carbons (Fsp3) is 0.231. The van der Waals surface area contributed by atoms with E-state index in [-0.39, 0.29) is 17.2 Å². The van der Waals surface area contributed by atoms with E-state index in [0.717, 1.165) is 0 Å². The second-order valence-corrected chi connectivity index (χ2v) is 3.58. The van der Waals surface area contributed by atoms with Crippen molar-refractivity contribution in [2.24, 2.45) is 0 Å². The average Bonchev–Trinajstić information content (AvgIpc) is 2.30.